The van der Waals surface area contributed by atoms with Crippen LogP contribution in [0.4, 0.5) is 0 Å². The maximum atomic E-state index is 9.41. The highest BCUT2D eigenvalue weighted by atomic mass is 16.3. The van der Waals surface area contributed by atoms with E-state index >= 15 is 0 Å². The van der Waals surface area contributed by atoms with Gasteiger partial charge >= 0.3 is 0 Å². The lowest BCUT2D eigenvalue weighted by molar-refractivity contribution is 0.0710. The van der Waals surface area contributed by atoms with Crippen LogP contribution >= 0.6 is 0 Å². The van der Waals surface area contributed by atoms with Gasteiger partial charge in [0.15, 0.2) is 0 Å². The zero-order valence-electron chi connectivity index (χ0n) is 13.2. The molecule has 0 amide bonds. The average Bonchev–Trinajstić information content (AvgIpc) is 3.33. The van der Waals surface area contributed by atoms with Crippen molar-refractivity contribution < 1.29 is 5.11 Å². The summed E-state index contributed by atoms with van der Waals surface area (Å²) in [5.41, 5.74) is 0. The maximum absolute atomic E-state index is 9.41. The fraction of sp³-hybridized carbons (Fsp3) is 1.00. The Hall–Kier alpha value is -0.0800. The molecule has 2 nitrogen and oxygen atoms in total. The van der Waals surface area contributed by atoms with E-state index in [4.69, 9.17) is 0 Å². The first-order valence-corrected chi connectivity index (χ1v) is 8.75. The number of hydrogen-bond acceptors (Lipinski definition) is 2. The van der Waals surface area contributed by atoms with Crippen LogP contribution in [0.15, 0.2) is 0 Å². The highest BCUT2D eigenvalue weighted by molar-refractivity contribution is 4.75. The number of hydrogen-bond donors (Lipinski definition) is 1. The smallest absolute Gasteiger partial charge is 0.0564 e. The van der Waals surface area contributed by atoms with Gasteiger partial charge in [-0.3, -0.25) is 0 Å². The van der Waals surface area contributed by atoms with Gasteiger partial charge in [0.2, 0.25) is 0 Å². The standard InChI is InChI=1S/C12H23NO.C3H6.C2H6/c14-12-6-8-13(9-7-12)10-11-4-2-1-3-5-11;1-2-3-1;1-2/h11-12,14H,1-10H2;1-3H2;1-2H3. The van der Waals surface area contributed by atoms with Crippen LogP contribution in [0.25, 0.3) is 0 Å². The van der Waals surface area contributed by atoms with E-state index in [0.717, 1.165) is 31.8 Å². The second-order valence-electron chi connectivity index (χ2n) is 6.10. The van der Waals surface area contributed by atoms with Gasteiger partial charge in [0, 0.05) is 19.6 Å². The first-order valence-electron chi connectivity index (χ1n) is 8.75. The third-order valence-electron chi connectivity index (χ3n) is 4.15. The molecule has 3 fully saturated rings. The summed E-state index contributed by atoms with van der Waals surface area (Å²) in [6.07, 6.45) is 13.7. The Morgan fingerprint density at radius 1 is 0.789 bits per heavy atom. The van der Waals surface area contributed by atoms with Crippen molar-refractivity contribution >= 4 is 0 Å². The largest absolute Gasteiger partial charge is 0.393 e. The van der Waals surface area contributed by atoms with Crippen LogP contribution in [0.1, 0.15) is 78.1 Å². The Kier molecular flexibility index (Phi) is 9.54. The Morgan fingerprint density at radius 3 is 1.74 bits per heavy atom. The molecule has 1 N–H and O–H groups in total. The van der Waals surface area contributed by atoms with Crippen molar-refractivity contribution in [2.24, 2.45) is 5.92 Å². The van der Waals surface area contributed by atoms with Crippen LogP contribution in [-0.4, -0.2) is 35.7 Å². The summed E-state index contributed by atoms with van der Waals surface area (Å²) in [6.45, 7) is 7.54. The van der Waals surface area contributed by atoms with Crippen LogP contribution in [0, 0.1) is 5.92 Å². The molecule has 114 valence electrons. The molecule has 1 aliphatic heterocycles. The molecule has 1 saturated heterocycles. The Bertz CT molecular complexity index is 189. The summed E-state index contributed by atoms with van der Waals surface area (Å²) in [6, 6.07) is 0. The van der Waals surface area contributed by atoms with Gasteiger partial charge in [-0.15, -0.1) is 0 Å². The monoisotopic (exact) mass is 269 g/mol. The number of piperidine rings is 1. The molecule has 0 atom stereocenters. The van der Waals surface area contributed by atoms with Gasteiger partial charge < -0.3 is 10.0 Å². The molecule has 0 aromatic carbocycles. The van der Waals surface area contributed by atoms with E-state index in [0.29, 0.717) is 0 Å². The van der Waals surface area contributed by atoms with E-state index in [1.54, 1.807) is 0 Å². The second kappa shape index (κ2) is 10.7. The number of rotatable bonds is 2. The summed E-state index contributed by atoms with van der Waals surface area (Å²) in [5, 5.41) is 9.41. The van der Waals surface area contributed by atoms with Crippen molar-refractivity contribution in [3.63, 3.8) is 0 Å². The fourth-order valence-electron chi connectivity index (χ4n) is 2.84. The molecule has 0 bridgehead atoms. The maximum Gasteiger partial charge on any atom is 0.0564 e. The number of likely N-dealkylation sites (tertiary alicyclic amines) is 1. The van der Waals surface area contributed by atoms with E-state index in [2.05, 4.69) is 4.90 Å². The fourth-order valence-corrected chi connectivity index (χ4v) is 2.84. The van der Waals surface area contributed by atoms with Crippen LogP contribution < -0.4 is 0 Å². The van der Waals surface area contributed by atoms with Crippen molar-refractivity contribution in [3.8, 4) is 0 Å². The SMILES string of the molecule is C1CC1.CC.OC1CCN(CC2CCCCC2)CC1. The summed E-state index contributed by atoms with van der Waals surface area (Å²) in [4.78, 5) is 2.56. The average molecular weight is 269 g/mol. The molecule has 0 spiro atoms. The topological polar surface area (TPSA) is 23.5 Å². The molecule has 0 unspecified atom stereocenters. The third kappa shape index (κ3) is 8.65. The van der Waals surface area contributed by atoms with Gasteiger partial charge in [0.25, 0.3) is 0 Å². The molecule has 3 rings (SSSR count). The van der Waals surface area contributed by atoms with Crippen LogP contribution in [-0.2, 0) is 0 Å². The zero-order chi connectivity index (χ0) is 13.9. The van der Waals surface area contributed by atoms with Crippen LogP contribution in [0.5, 0.6) is 0 Å². The van der Waals surface area contributed by atoms with Gasteiger partial charge in [-0.05, 0) is 31.6 Å². The van der Waals surface area contributed by atoms with E-state index in [9.17, 15) is 5.11 Å². The highest BCUT2D eigenvalue weighted by Crippen LogP contribution is 2.25. The van der Waals surface area contributed by atoms with E-state index in [1.165, 1.54) is 57.9 Å². The van der Waals surface area contributed by atoms with Gasteiger partial charge in [-0.2, -0.15) is 0 Å². The molecule has 2 aliphatic carbocycles. The van der Waals surface area contributed by atoms with Crippen LogP contribution in [0.2, 0.25) is 0 Å². The highest BCUT2D eigenvalue weighted by Gasteiger charge is 2.21. The van der Waals surface area contributed by atoms with E-state index in [-0.39, 0.29) is 6.10 Å². The Morgan fingerprint density at radius 2 is 1.26 bits per heavy atom. The van der Waals surface area contributed by atoms with Crippen molar-refractivity contribution in [2.45, 2.75) is 84.2 Å². The van der Waals surface area contributed by atoms with E-state index in [1.807, 2.05) is 13.8 Å². The summed E-state index contributed by atoms with van der Waals surface area (Å²) in [7, 11) is 0. The molecule has 1 heterocycles. The zero-order valence-corrected chi connectivity index (χ0v) is 13.2. The van der Waals surface area contributed by atoms with E-state index < -0.39 is 0 Å². The normalized spacial score (nSPS) is 24.8. The lowest BCUT2D eigenvalue weighted by atomic mass is 9.88. The van der Waals surface area contributed by atoms with Gasteiger partial charge in [0.05, 0.1) is 6.10 Å². The molecule has 0 aromatic rings. The minimum absolute atomic E-state index is 0.0161. The summed E-state index contributed by atoms with van der Waals surface area (Å²) in [5.74, 6) is 0.957. The van der Waals surface area contributed by atoms with Crippen molar-refractivity contribution in [2.75, 3.05) is 19.6 Å². The van der Waals surface area contributed by atoms with Crippen molar-refractivity contribution in [3.05, 3.63) is 0 Å². The van der Waals surface area contributed by atoms with Gasteiger partial charge in [0.1, 0.15) is 0 Å². The van der Waals surface area contributed by atoms with Gasteiger partial charge in [-0.25, -0.2) is 0 Å². The third-order valence-corrected chi connectivity index (χ3v) is 4.15. The molecular formula is C17H35NO. The van der Waals surface area contributed by atoms with Crippen LogP contribution in [0.3, 0.4) is 0 Å². The molecule has 0 radical (unpaired) electrons. The molecule has 2 heteroatoms. The predicted octanol–water partition coefficient (Wildman–Crippen LogP) is 4.22. The van der Waals surface area contributed by atoms with Crippen molar-refractivity contribution in [1.29, 1.82) is 0 Å². The molecule has 3 aliphatic rings. The first-order chi connectivity index (χ1) is 9.34. The summed E-state index contributed by atoms with van der Waals surface area (Å²) >= 11 is 0. The minimum atomic E-state index is -0.0161. The number of aliphatic hydroxyl groups excluding tert-OH is 1. The quantitative estimate of drug-likeness (QED) is 0.811. The lowest BCUT2D eigenvalue weighted by Crippen LogP contribution is -2.39. The Labute approximate surface area is 120 Å². The molecule has 0 aromatic heterocycles. The minimum Gasteiger partial charge on any atom is -0.393 e. The molecule has 19 heavy (non-hydrogen) atoms. The number of nitrogens with zero attached hydrogens (tertiary/aromatic N) is 1. The molecular weight excluding hydrogens is 234 g/mol. The van der Waals surface area contributed by atoms with Gasteiger partial charge in [-0.1, -0.05) is 52.4 Å². The number of aliphatic hydroxyl groups is 1. The second-order valence-corrected chi connectivity index (χ2v) is 6.10. The predicted molar refractivity (Wildman–Crippen MR) is 83.5 cm³/mol. The summed E-state index contributed by atoms with van der Waals surface area (Å²) < 4.78 is 0. The molecule has 2 saturated carbocycles. The Balaban J connectivity index is 0.000000308. The lowest BCUT2D eigenvalue weighted by Gasteiger charge is -2.33. The first kappa shape index (κ1) is 17.0. The van der Waals surface area contributed by atoms with Crippen molar-refractivity contribution in [1.82, 2.24) is 4.90 Å².